The number of anilines is 1. The SMILES string of the molecule is COc1ccc2c(O[C@@H]3C[C@H]4C(=O)C[C@]5(P(=O)(O)Cc6ccccc6Cl)C[C@@H]5CCCCCCC[C@H](CC(=O)OC5CCCC5)C(=O)N4C3)cc(-c3csc(NC(C)C)n3)nc2c1. The number of nitrogens with zero attached hydrogens (tertiary/aromatic N) is 3. The number of hydrogen-bond acceptors (Lipinski definition) is 11. The largest absolute Gasteiger partial charge is 0.497 e. The fourth-order valence-electron chi connectivity index (χ4n) is 10.1. The number of fused-ring (bicyclic) bond motifs is 3. The van der Waals surface area contributed by atoms with E-state index in [0.717, 1.165) is 74.7 Å². The number of Topliss-reactive ketones (excluding diaryl/α,β-unsaturated/α-hetero) is 1. The zero-order valence-corrected chi connectivity index (χ0v) is 39.0. The van der Waals surface area contributed by atoms with Crippen molar-refractivity contribution in [3.05, 3.63) is 64.5 Å². The van der Waals surface area contributed by atoms with Crippen molar-refractivity contribution in [2.75, 3.05) is 19.0 Å². The lowest BCUT2D eigenvalue weighted by Gasteiger charge is -2.30. The summed E-state index contributed by atoms with van der Waals surface area (Å²) in [6.07, 6.45) is 8.98. The van der Waals surface area contributed by atoms with E-state index in [1.807, 2.05) is 29.6 Å². The lowest BCUT2D eigenvalue weighted by Crippen LogP contribution is -2.45. The Labute approximate surface area is 379 Å². The van der Waals surface area contributed by atoms with Crippen LogP contribution in [0.5, 0.6) is 11.5 Å². The zero-order valence-electron chi connectivity index (χ0n) is 36.6. The normalized spacial score (nSPS) is 25.8. The van der Waals surface area contributed by atoms with Crippen LogP contribution in [0, 0.1) is 11.8 Å². The van der Waals surface area contributed by atoms with Gasteiger partial charge in [0.15, 0.2) is 10.9 Å². The molecular formula is C48H60ClN4O8PS. The van der Waals surface area contributed by atoms with Crippen molar-refractivity contribution in [3.8, 4) is 22.9 Å². The van der Waals surface area contributed by atoms with Crippen LogP contribution in [0.15, 0.2) is 53.9 Å². The average molecular weight is 920 g/mol. The molecule has 4 heterocycles. The molecular weight excluding hydrogens is 859 g/mol. The third-order valence-electron chi connectivity index (χ3n) is 13.6. The van der Waals surface area contributed by atoms with Gasteiger partial charge in [-0.25, -0.2) is 9.97 Å². The van der Waals surface area contributed by atoms with E-state index in [0.29, 0.717) is 51.8 Å². The monoisotopic (exact) mass is 918 g/mol. The van der Waals surface area contributed by atoms with E-state index in [9.17, 15) is 19.0 Å². The van der Waals surface area contributed by atoms with Crippen LogP contribution in [0.4, 0.5) is 5.13 Å². The highest BCUT2D eigenvalue weighted by Gasteiger charge is 2.65. The first kappa shape index (κ1) is 45.5. The highest BCUT2D eigenvalue weighted by molar-refractivity contribution is 7.59. The van der Waals surface area contributed by atoms with Crippen LogP contribution >= 0.6 is 30.3 Å². The molecule has 2 N–H and O–H groups in total. The summed E-state index contributed by atoms with van der Waals surface area (Å²) in [6.45, 7) is 4.20. The van der Waals surface area contributed by atoms with E-state index >= 15 is 4.79 Å². The molecule has 1 unspecified atom stereocenters. The van der Waals surface area contributed by atoms with Crippen LogP contribution in [0.2, 0.25) is 5.02 Å². The molecule has 2 aliphatic heterocycles. The smallest absolute Gasteiger partial charge is 0.306 e. The molecule has 0 spiro atoms. The number of esters is 1. The van der Waals surface area contributed by atoms with Gasteiger partial charge in [-0.2, -0.15) is 0 Å². The Hall–Kier alpha value is -4.03. The highest BCUT2D eigenvalue weighted by Crippen LogP contribution is 2.75. The topological polar surface area (TPSA) is 157 Å². The molecule has 12 nitrogen and oxygen atoms in total. The number of aromatic nitrogens is 2. The Morgan fingerprint density at radius 2 is 1.73 bits per heavy atom. The number of benzene rings is 2. The van der Waals surface area contributed by atoms with Crippen molar-refractivity contribution in [1.29, 1.82) is 0 Å². The standard InChI is InChI=1S/C48H60ClN4O8PS/c1-30(2)50-47-52-41(29-63-47)40-24-44(37-20-19-35(59-3)22-39(37)51-40)60-36-23-42-43(54)26-48(62(57,58)28-32-14-9-12-18-38(32)49)25-33(48)15-8-6-4-5-7-13-31(46(56)53(42)27-36)21-45(55)61-34-16-10-11-17-34/h9,12,14,18-20,22,24,29-31,33-34,36,42H,4-8,10-11,13,15-17,21,23,25-28H2,1-3H3,(H,50,52)(H,57,58)/t31-,33+,36-,42+,48-/m1/s1. The summed E-state index contributed by atoms with van der Waals surface area (Å²) in [6, 6.07) is 13.8. The van der Waals surface area contributed by atoms with Crippen LogP contribution in [0.3, 0.4) is 0 Å². The van der Waals surface area contributed by atoms with Gasteiger partial charge in [0, 0.05) is 52.7 Å². The number of carbonyl (C=O) groups is 3. The number of ketones is 1. The number of halogens is 1. The number of methoxy groups -OCH3 is 1. The van der Waals surface area contributed by atoms with E-state index in [1.54, 1.807) is 36.3 Å². The van der Waals surface area contributed by atoms with Gasteiger partial charge in [-0.15, -0.1) is 11.3 Å². The molecule has 2 aliphatic carbocycles. The fraction of sp³-hybridized carbons (Fsp3) is 0.562. The van der Waals surface area contributed by atoms with Crippen LogP contribution in [0.25, 0.3) is 22.3 Å². The third-order valence-corrected chi connectivity index (χ3v) is 17.6. The van der Waals surface area contributed by atoms with Gasteiger partial charge in [0.2, 0.25) is 13.3 Å². The molecule has 4 fully saturated rings. The number of rotatable bonds is 12. The second-order valence-corrected chi connectivity index (χ2v) is 22.3. The zero-order chi connectivity index (χ0) is 44.3. The molecule has 0 radical (unpaired) electrons. The summed E-state index contributed by atoms with van der Waals surface area (Å²) in [4.78, 5) is 66.9. The van der Waals surface area contributed by atoms with Gasteiger partial charge in [-0.3, -0.25) is 18.9 Å². The van der Waals surface area contributed by atoms with E-state index in [2.05, 4.69) is 19.2 Å². The lowest BCUT2D eigenvalue weighted by molar-refractivity contribution is -0.154. The quantitative estimate of drug-likeness (QED) is 0.103. The van der Waals surface area contributed by atoms with E-state index in [1.165, 1.54) is 11.3 Å². The lowest BCUT2D eigenvalue weighted by atomic mass is 9.94. The maximum Gasteiger partial charge on any atom is 0.306 e. The second kappa shape index (κ2) is 19.6. The average Bonchev–Trinajstić information content (AvgIpc) is 3.66. The minimum absolute atomic E-state index is 0.0601. The number of amides is 1. The number of hydrogen-bond donors (Lipinski definition) is 2. The van der Waals surface area contributed by atoms with Crippen molar-refractivity contribution in [2.45, 2.75) is 146 Å². The predicted octanol–water partition coefficient (Wildman–Crippen LogP) is 10.6. The summed E-state index contributed by atoms with van der Waals surface area (Å²) in [7, 11) is -2.40. The molecule has 15 heteroatoms. The molecule has 6 atom stereocenters. The first-order valence-corrected chi connectivity index (χ1v) is 25.9. The Balaban J connectivity index is 1.13. The molecule has 338 valence electrons. The first-order chi connectivity index (χ1) is 30.3. The van der Waals surface area contributed by atoms with Crippen LogP contribution < -0.4 is 14.8 Å². The molecule has 2 saturated carbocycles. The van der Waals surface area contributed by atoms with Crippen LogP contribution in [-0.4, -0.2) is 80.5 Å². The number of thiazole rings is 1. The summed E-state index contributed by atoms with van der Waals surface area (Å²) in [5, 5.41) is 6.09. The second-order valence-electron chi connectivity index (χ2n) is 18.4. The summed E-state index contributed by atoms with van der Waals surface area (Å²) < 4.78 is 33.0. The Morgan fingerprint density at radius 1 is 0.984 bits per heavy atom. The van der Waals surface area contributed by atoms with Crippen molar-refractivity contribution in [2.24, 2.45) is 11.8 Å². The Morgan fingerprint density at radius 3 is 2.49 bits per heavy atom. The Kier molecular flexibility index (Phi) is 14.2. The molecule has 0 bridgehead atoms. The summed E-state index contributed by atoms with van der Waals surface area (Å²) in [5.74, 6) is -0.544. The van der Waals surface area contributed by atoms with Crippen LogP contribution in [0.1, 0.15) is 116 Å². The third kappa shape index (κ3) is 10.4. The van der Waals surface area contributed by atoms with Gasteiger partial charge >= 0.3 is 5.97 Å². The molecule has 2 aromatic heterocycles. The number of ether oxygens (including phenoxy) is 3. The minimum atomic E-state index is -4.00. The highest BCUT2D eigenvalue weighted by atomic mass is 35.5. The number of pyridine rings is 1. The van der Waals surface area contributed by atoms with Crippen molar-refractivity contribution in [1.82, 2.24) is 14.9 Å². The maximum atomic E-state index is 15.0. The van der Waals surface area contributed by atoms with Gasteiger partial charge in [0.25, 0.3) is 0 Å². The van der Waals surface area contributed by atoms with E-state index < -0.39 is 30.6 Å². The number of carbonyl (C=O) groups excluding carboxylic acids is 3. The van der Waals surface area contributed by atoms with Gasteiger partial charge < -0.3 is 29.3 Å². The molecule has 2 aromatic carbocycles. The Bertz CT molecular complexity index is 2350. The molecule has 4 aliphatic rings. The maximum absolute atomic E-state index is 15.0. The molecule has 8 rings (SSSR count). The minimum Gasteiger partial charge on any atom is -0.497 e. The van der Waals surface area contributed by atoms with Crippen molar-refractivity contribution < 1.29 is 38.1 Å². The van der Waals surface area contributed by atoms with Crippen LogP contribution in [-0.2, 0) is 29.8 Å². The first-order valence-electron chi connectivity index (χ1n) is 22.8. The molecule has 1 amide bonds. The number of nitrogens with one attached hydrogen (secondary N) is 1. The molecule has 2 saturated heterocycles. The van der Waals surface area contributed by atoms with Gasteiger partial charge in [-0.1, -0.05) is 61.9 Å². The van der Waals surface area contributed by atoms with Crippen molar-refractivity contribution >= 4 is 64.0 Å². The van der Waals surface area contributed by atoms with Gasteiger partial charge in [-0.05, 0) is 88.5 Å². The van der Waals surface area contributed by atoms with E-state index in [-0.39, 0.29) is 67.7 Å². The van der Waals surface area contributed by atoms with E-state index in [4.69, 9.17) is 35.8 Å². The molecule has 63 heavy (non-hydrogen) atoms. The molecule has 4 aromatic rings. The predicted molar refractivity (Wildman–Crippen MR) is 247 cm³/mol. The summed E-state index contributed by atoms with van der Waals surface area (Å²) >= 11 is 8.01. The van der Waals surface area contributed by atoms with Gasteiger partial charge in [0.05, 0.1) is 48.6 Å². The summed E-state index contributed by atoms with van der Waals surface area (Å²) in [5.41, 5.74) is 2.48. The fourth-order valence-corrected chi connectivity index (χ4v) is 13.9. The van der Waals surface area contributed by atoms with Crippen molar-refractivity contribution in [3.63, 3.8) is 0 Å². The van der Waals surface area contributed by atoms with Gasteiger partial charge in [0.1, 0.15) is 29.4 Å².